The van der Waals surface area contributed by atoms with Crippen LogP contribution in [0.25, 0.3) is 0 Å². The van der Waals surface area contributed by atoms with E-state index in [4.69, 9.17) is 0 Å². The SMILES string of the molecule is CC(C)(O)CNc1c(F)cc(F)cc1Br. The first-order valence-corrected chi connectivity index (χ1v) is 5.20. The van der Waals surface area contributed by atoms with Gasteiger partial charge >= 0.3 is 0 Å². The number of aliphatic hydroxyl groups is 1. The van der Waals surface area contributed by atoms with Gasteiger partial charge in [0, 0.05) is 17.1 Å². The molecule has 0 aliphatic carbocycles. The highest BCUT2D eigenvalue weighted by Gasteiger charge is 2.15. The lowest BCUT2D eigenvalue weighted by Crippen LogP contribution is -2.29. The lowest BCUT2D eigenvalue weighted by atomic mass is 10.1. The molecule has 1 rings (SSSR count). The third-order valence-electron chi connectivity index (χ3n) is 1.70. The van der Waals surface area contributed by atoms with Gasteiger partial charge in [0.05, 0.1) is 11.3 Å². The summed E-state index contributed by atoms with van der Waals surface area (Å²) in [6.07, 6.45) is 0. The van der Waals surface area contributed by atoms with E-state index in [2.05, 4.69) is 21.2 Å². The van der Waals surface area contributed by atoms with Gasteiger partial charge < -0.3 is 10.4 Å². The molecule has 2 N–H and O–H groups in total. The second-order valence-corrected chi connectivity index (χ2v) is 4.76. The molecule has 0 bridgehead atoms. The van der Waals surface area contributed by atoms with Crippen molar-refractivity contribution >= 4 is 21.6 Å². The Morgan fingerprint density at radius 1 is 1.40 bits per heavy atom. The first-order chi connectivity index (χ1) is 6.79. The molecule has 0 aliphatic heterocycles. The van der Waals surface area contributed by atoms with E-state index in [1.54, 1.807) is 13.8 Å². The third kappa shape index (κ3) is 3.76. The molecule has 84 valence electrons. The summed E-state index contributed by atoms with van der Waals surface area (Å²) in [5.74, 6) is -1.33. The number of nitrogens with one attached hydrogen (secondary N) is 1. The van der Waals surface area contributed by atoms with Gasteiger partial charge in [-0.2, -0.15) is 0 Å². The van der Waals surface area contributed by atoms with E-state index in [1.807, 2.05) is 0 Å². The molecule has 0 aromatic heterocycles. The van der Waals surface area contributed by atoms with Crippen molar-refractivity contribution in [1.82, 2.24) is 0 Å². The van der Waals surface area contributed by atoms with Crippen molar-refractivity contribution in [2.24, 2.45) is 0 Å². The number of benzene rings is 1. The van der Waals surface area contributed by atoms with Crippen LogP contribution in [0.1, 0.15) is 13.8 Å². The van der Waals surface area contributed by atoms with Crippen LogP contribution in [-0.4, -0.2) is 17.3 Å². The Labute approximate surface area is 95.4 Å². The van der Waals surface area contributed by atoms with E-state index < -0.39 is 17.2 Å². The van der Waals surface area contributed by atoms with Gasteiger partial charge in [-0.3, -0.25) is 0 Å². The fourth-order valence-corrected chi connectivity index (χ4v) is 1.56. The quantitative estimate of drug-likeness (QED) is 0.892. The zero-order valence-electron chi connectivity index (χ0n) is 8.44. The third-order valence-corrected chi connectivity index (χ3v) is 2.33. The van der Waals surface area contributed by atoms with E-state index in [9.17, 15) is 13.9 Å². The molecule has 0 atom stereocenters. The molecule has 0 amide bonds. The summed E-state index contributed by atoms with van der Waals surface area (Å²) in [5, 5.41) is 12.2. The lowest BCUT2D eigenvalue weighted by molar-refractivity contribution is 0.0944. The maximum absolute atomic E-state index is 13.3. The fourth-order valence-electron chi connectivity index (χ4n) is 1.02. The Kier molecular flexibility index (Phi) is 3.67. The molecular formula is C10H12BrF2NO. The minimum absolute atomic E-state index is 0.151. The lowest BCUT2D eigenvalue weighted by Gasteiger charge is -2.19. The van der Waals surface area contributed by atoms with Crippen LogP contribution in [0.3, 0.4) is 0 Å². The minimum atomic E-state index is -0.958. The molecule has 0 aliphatic rings. The molecule has 0 saturated carbocycles. The summed E-state index contributed by atoms with van der Waals surface area (Å²) < 4.78 is 26.3. The molecule has 5 heteroatoms. The summed E-state index contributed by atoms with van der Waals surface area (Å²) in [5.41, 5.74) is -0.807. The predicted octanol–water partition coefficient (Wildman–Crippen LogP) is 2.91. The highest BCUT2D eigenvalue weighted by Crippen LogP contribution is 2.27. The molecular weight excluding hydrogens is 268 g/mol. The second kappa shape index (κ2) is 4.45. The summed E-state index contributed by atoms with van der Waals surface area (Å²) in [6.45, 7) is 3.36. The van der Waals surface area contributed by atoms with Gasteiger partial charge in [-0.1, -0.05) is 0 Å². The summed E-state index contributed by atoms with van der Waals surface area (Å²) >= 11 is 3.04. The van der Waals surface area contributed by atoms with Crippen molar-refractivity contribution in [3.8, 4) is 0 Å². The Hall–Kier alpha value is -0.680. The zero-order valence-corrected chi connectivity index (χ0v) is 10.0. The van der Waals surface area contributed by atoms with Crippen molar-refractivity contribution in [3.63, 3.8) is 0 Å². The number of anilines is 1. The summed E-state index contributed by atoms with van der Waals surface area (Å²) in [4.78, 5) is 0. The number of hydrogen-bond acceptors (Lipinski definition) is 2. The highest BCUT2D eigenvalue weighted by atomic mass is 79.9. The number of rotatable bonds is 3. The first-order valence-electron chi connectivity index (χ1n) is 4.40. The largest absolute Gasteiger partial charge is 0.389 e. The van der Waals surface area contributed by atoms with Crippen LogP contribution in [0.5, 0.6) is 0 Å². The fraction of sp³-hybridized carbons (Fsp3) is 0.400. The average molecular weight is 280 g/mol. The van der Waals surface area contributed by atoms with Crippen molar-refractivity contribution in [2.75, 3.05) is 11.9 Å². The highest BCUT2D eigenvalue weighted by molar-refractivity contribution is 9.10. The first kappa shape index (κ1) is 12.4. The average Bonchev–Trinajstić information content (AvgIpc) is 1.99. The summed E-state index contributed by atoms with van der Waals surface area (Å²) in [7, 11) is 0. The van der Waals surface area contributed by atoms with Crippen LogP contribution < -0.4 is 5.32 Å². The Morgan fingerprint density at radius 3 is 2.47 bits per heavy atom. The van der Waals surface area contributed by atoms with Gasteiger partial charge in [-0.15, -0.1) is 0 Å². The Morgan fingerprint density at radius 2 is 2.00 bits per heavy atom. The monoisotopic (exact) mass is 279 g/mol. The van der Waals surface area contributed by atoms with Crippen LogP contribution in [0.15, 0.2) is 16.6 Å². The number of halogens is 3. The van der Waals surface area contributed by atoms with Crippen molar-refractivity contribution in [1.29, 1.82) is 0 Å². The smallest absolute Gasteiger partial charge is 0.150 e. The minimum Gasteiger partial charge on any atom is -0.389 e. The zero-order chi connectivity index (χ0) is 11.6. The second-order valence-electron chi connectivity index (χ2n) is 3.91. The molecule has 1 aromatic rings. The van der Waals surface area contributed by atoms with Crippen molar-refractivity contribution in [2.45, 2.75) is 19.4 Å². The van der Waals surface area contributed by atoms with Crippen molar-refractivity contribution in [3.05, 3.63) is 28.2 Å². The molecule has 0 fully saturated rings. The van der Waals surface area contributed by atoms with Gasteiger partial charge in [0.1, 0.15) is 11.6 Å². The van der Waals surface area contributed by atoms with Gasteiger partial charge in [-0.25, -0.2) is 8.78 Å². The van der Waals surface area contributed by atoms with Gasteiger partial charge in [0.2, 0.25) is 0 Å². The van der Waals surface area contributed by atoms with Gasteiger partial charge in [-0.05, 0) is 35.8 Å². The molecule has 0 unspecified atom stereocenters. The molecule has 0 radical (unpaired) electrons. The molecule has 0 heterocycles. The van der Waals surface area contributed by atoms with E-state index in [1.165, 1.54) is 0 Å². The van der Waals surface area contributed by atoms with E-state index in [-0.39, 0.29) is 12.2 Å². The van der Waals surface area contributed by atoms with Gasteiger partial charge in [0.25, 0.3) is 0 Å². The van der Waals surface area contributed by atoms with Crippen LogP contribution >= 0.6 is 15.9 Å². The number of hydrogen-bond donors (Lipinski definition) is 2. The van der Waals surface area contributed by atoms with Crippen LogP contribution in [0.2, 0.25) is 0 Å². The maximum atomic E-state index is 13.3. The normalized spacial score (nSPS) is 11.6. The summed E-state index contributed by atoms with van der Waals surface area (Å²) in [6, 6.07) is 1.95. The molecule has 0 saturated heterocycles. The molecule has 1 aromatic carbocycles. The van der Waals surface area contributed by atoms with E-state index in [0.29, 0.717) is 4.47 Å². The molecule has 15 heavy (non-hydrogen) atoms. The van der Waals surface area contributed by atoms with Crippen LogP contribution in [0, 0.1) is 11.6 Å². The maximum Gasteiger partial charge on any atom is 0.150 e. The predicted molar refractivity (Wildman–Crippen MR) is 58.8 cm³/mol. The topological polar surface area (TPSA) is 32.3 Å². The van der Waals surface area contributed by atoms with Crippen molar-refractivity contribution < 1.29 is 13.9 Å². The Bertz CT molecular complexity index is 340. The van der Waals surface area contributed by atoms with E-state index >= 15 is 0 Å². The molecule has 0 spiro atoms. The Balaban J connectivity index is 2.86. The van der Waals surface area contributed by atoms with Crippen LogP contribution in [-0.2, 0) is 0 Å². The molecule has 2 nitrogen and oxygen atoms in total. The standard InChI is InChI=1S/C10H12BrF2NO/c1-10(2,15)5-14-9-7(11)3-6(12)4-8(9)13/h3-4,14-15H,5H2,1-2H3. The van der Waals surface area contributed by atoms with E-state index in [0.717, 1.165) is 12.1 Å². The van der Waals surface area contributed by atoms with Gasteiger partial charge in [0.15, 0.2) is 0 Å². The van der Waals surface area contributed by atoms with Crippen LogP contribution in [0.4, 0.5) is 14.5 Å².